The molecule has 7 atom stereocenters. The highest BCUT2D eigenvalue weighted by Crippen LogP contribution is 2.69. The van der Waals surface area contributed by atoms with Crippen LogP contribution < -0.4 is 11.4 Å². The molecule has 3 heterocycles. The maximum absolute atomic E-state index is 13.5. The molecule has 0 N–H and O–H groups in total. The van der Waals surface area contributed by atoms with Gasteiger partial charge in [0, 0.05) is 17.4 Å². The van der Waals surface area contributed by atoms with Crippen LogP contribution in [0.3, 0.4) is 0 Å². The van der Waals surface area contributed by atoms with Crippen molar-refractivity contribution in [3.8, 4) is 0 Å². The van der Waals surface area contributed by atoms with Crippen LogP contribution in [0.5, 0.6) is 0 Å². The van der Waals surface area contributed by atoms with Crippen molar-refractivity contribution in [3.63, 3.8) is 0 Å². The van der Waals surface area contributed by atoms with E-state index in [1.54, 1.807) is 13.9 Å². The molecule has 0 radical (unpaired) electrons. The number of allylic oxidation sites excluding steroid dienone is 4. The van der Waals surface area contributed by atoms with Crippen molar-refractivity contribution in [3.05, 3.63) is 45.3 Å². The first-order valence-electron chi connectivity index (χ1n) is 10.0. The van der Waals surface area contributed by atoms with Crippen molar-refractivity contribution < 1.29 is 0 Å². The van der Waals surface area contributed by atoms with Gasteiger partial charge in [-0.2, -0.15) is 0 Å². The molecule has 0 spiro atoms. The third-order valence-corrected chi connectivity index (χ3v) is 9.52. The number of hydrogen-bond donors (Lipinski definition) is 0. The molecule has 0 amide bonds. The zero-order chi connectivity index (χ0) is 18.2. The molecule has 6 aliphatic rings. The van der Waals surface area contributed by atoms with E-state index in [0.29, 0.717) is 11.8 Å². The van der Waals surface area contributed by atoms with Crippen molar-refractivity contribution in [1.29, 1.82) is 0 Å². The lowest BCUT2D eigenvalue weighted by atomic mass is 9.57. The Morgan fingerprint density at radius 1 is 1.00 bits per heavy atom. The molecule has 1 aromatic heterocycles. The molecule has 0 saturated heterocycles. The normalized spacial score (nSPS) is 48.5. The number of hydrogen-bond acceptors (Lipinski definition) is 2. The van der Waals surface area contributed by atoms with Crippen LogP contribution >= 0.6 is 0 Å². The summed E-state index contributed by atoms with van der Waals surface area (Å²) in [6.07, 6.45) is 12.0. The van der Waals surface area contributed by atoms with Gasteiger partial charge in [0.1, 0.15) is 0 Å². The summed E-state index contributed by atoms with van der Waals surface area (Å²) in [5.74, 6) is 0.938. The molecule has 5 heteroatoms. The minimum atomic E-state index is -0.0936. The molecule has 2 saturated carbocycles. The smallest absolute Gasteiger partial charge is 0.246 e. The Hall–Kier alpha value is -1.78. The van der Waals surface area contributed by atoms with Crippen LogP contribution in [0.15, 0.2) is 33.9 Å². The van der Waals surface area contributed by atoms with Gasteiger partial charge in [0.25, 0.3) is 0 Å². The van der Waals surface area contributed by atoms with E-state index in [9.17, 15) is 9.59 Å². The molecule has 7 rings (SSSR count). The molecule has 2 aliphatic heterocycles. The fraction of sp³-hybridized carbons (Fsp3) is 0.714. The largest absolute Gasteiger partial charge is 0.348 e. The van der Waals surface area contributed by atoms with Crippen molar-refractivity contribution in [2.24, 2.45) is 28.1 Å². The van der Waals surface area contributed by atoms with Gasteiger partial charge in [-0.3, -0.25) is 0 Å². The quantitative estimate of drug-likeness (QED) is 0.729. The minimum absolute atomic E-state index is 0.0177. The molecule has 0 unspecified atom stereocenters. The van der Waals surface area contributed by atoms with Crippen LogP contribution in [0.2, 0.25) is 0 Å². The predicted octanol–water partition coefficient (Wildman–Crippen LogP) is 3.06. The van der Waals surface area contributed by atoms with Gasteiger partial charge in [-0.1, -0.05) is 52.0 Å². The summed E-state index contributed by atoms with van der Waals surface area (Å²) in [5.41, 5.74) is -0.0119. The molecule has 26 heavy (non-hydrogen) atoms. The second kappa shape index (κ2) is 4.05. The number of nitrogens with zero attached hydrogens (tertiary/aromatic N) is 3. The van der Waals surface area contributed by atoms with Crippen LogP contribution in [0, 0.1) is 28.1 Å². The zero-order valence-electron chi connectivity index (χ0n) is 16.0. The Labute approximate surface area is 153 Å². The molecule has 0 aromatic carbocycles. The number of rotatable bonds is 1. The highest BCUT2D eigenvalue weighted by atomic mass is 16.2. The standard InChI is InChI=1S/C21H27N3O2/c1-19(2)12-7-10-21(19,4)16(11-12)22-17(25)23-14-5-6-15(24(23)18(22)26)20(3)9-8-13(14)20/h5-6,8-9,12-16H,7,10-11H2,1-4H3/t12-,13+,14+,15+,16+,20-,21-/m0/s1. The summed E-state index contributed by atoms with van der Waals surface area (Å²) in [7, 11) is 0. The summed E-state index contributed by atoms with van der Waals surface area (Å²) in [6, 6.07) is -0.0288. The summed E-state index contributed by atoms with van der Waals surface area (Å²) in [5, 5.41) is 0. The van der Waals surface area contributed by atoms with Crippen LogP contribution in [0.1, 0.15) is 65.1 Å². The van der Waals surface area contributed by atoms with E-state index in [2.05, 4.69) is 52.0 Å². The van der Waals surface area contributed by atoms with Crippen molar-refractivity contribution in [1.82, 2.24) is 13.9 Å². The third kappa shape index (κ3) is 1.29. The fourth-order valence-electron chi connectivity index (χ4n) is 7.24. The lowest BCUT2D eigenvalue weighted by Crippen LogP contribution is -2.55. The van der Waals surface area contributed by atoms with Gasteiger partial charge in [0.2, 0.25) is 0 Å². The van der Waals surface area contributed by atoms with Gasteiger partial charge >= 0.3 is 11.4 Å². The van der Waals surface area contributed by atoms with Crippen LogP contribution in [-0.4, -0.2) is 13.9 Å². The van der Waals surface area contributed by atoms with Gasteiger partial charge in [-0.15, -0.1) is 0 Å². The number of aromatic nitrogens is 3. The Bertz CT molecular complexity index is 1020. The van der Waals surface area contributed by atoms with E-state index in [1.807, 2.05) is 0 Å². The molecule has 4 bridgehead atoms. The molecule has 2 fully saturated rings. The average molecular weight is 353 g/mol. The second-order valence-electron chi connectivity index (χ2n) is 10.3. The van der Waals surface area contributed by atoms with Crippen LogP contribution in [-0.2, 0) is 0 Å². The van der Waals surface area contributed by atoms with Crippen molar-refractivity contribution in [2.75, 3.05) is 0 Å². The Morgan fingerprint density at radius 3 is 2.31 bits per heavy atom. The molecular formula is C21H27N3O2. The SMILES string of the molecule is CC1(C)[C@H]2CC[C@@]1(C)[C@H](n1c(=O)n3n(c1=O)[C@@H]1C=C[C@@H]3[C@H]3C=C[C@@]31C)C2. The summed E-state index contributed by atoms with van der Waals surface area (Å²) >= 11 is 0. The molecule has 1 aromatic rings. The fourth-order valence-corrected chi connectivity index (χ4v) is 7.24. The van der Waals surface area contributed by atoms with Gasteiger partial charge in [-0.05, 0) is 36.0 Å². The van der Waals surface area contributed by atoms with E-state index < -0.39 is 0 Å². The maximum Gasteiger partial charge on any atom is 0.348 e. The summed E-state index contributed by atoms with van der Waals surface area (Å²) < 4.78 is 5.18. The monoisotopic (exact) mass is 353 g/mol. The Kier molecular flexibility index (Phi) is 2.38. The highest BCUT2D eigenvalue weighted by molar-refractivity contribution is 5.33. The second-order valence-corrected chi connectivity index (χ2v) is 10.3. The molecule has 138 valence electrons. The summed E-state index contributed by atoms with van der Waals surface area (Å²) in [6.45, 7) is 9.19. The van der Waals surface area contributed by atoms with E-state index in [1.165, 1.54) is 6.42 Å². The Morgan fingerprint density at radius 2 is 1.73 bits per heavy atom. The first-order chi connectivity index (χ1) is 12.2. The average Bonchev–Trinajstić information content (AvgIpc) is 3.04. The Balaban J connectivity index is 1.57. The maximum atomic E-state index is 13.5. The highest BCUT2D eigenvalue weighted by Gasteiger charge is 2.63. The lowest BCUT2D eigenvalue weighted by molar-refractivity contribution is 0.0553. The topological polar surface area (TPSA) is 48.9 Å². The minimum Gasteiger partial charge on any atom is -0.246 e. The van der Waals surface area contributed by atoms with Crippen molar-refractivity contribution >= 4 is 0 Å². The number of fused-ring (bicyclic) bond motifs is 2. The zero-order valence-corrected chi connectivity index (χ0v) is 16.0. The van der Waals surface area contributed by atoms with Gasteiger partial charge in [0.15, 0.2) is 0 Å². The first-order valence-corrected chi connectivity index (χ1v) is 10.0. The summed E-state index contributed by atoms with van der Waals surface area (Å²) in [4.78, 5) is 27.0. The molecule has 4 aliphatic carbocycles. The van der Waals surface area contributed by atoms with E-state index in [4.69, 9.17) is 0 Å². The molecular weight excluding hydrogens is 326 g/mol. The van der Waals surface area contributed by atoms with E-state index >= 15 is 0 Å². The van der Waals surface area contributed by atoms with Crippen LogP contribution in [0.25, 0.3) is 0 Å². The predicted molar refractivity (Wildman–Crippen MR) is 99.2 cm³/mol. The van der Waals surface area contributed by atoms with Gasteiger partial charge in [-0.25, -0.2) is 23.5 Å². The first kappa shape index (κ1) is 15.3. The molecule has 5 nitrogen and oxygen atoms in total. The van der Waals surface area contributed by atoms with E-state index in [-0.39, 0.29) is 45.7 Å². The van der Waals surface area contributed by atoms with Gasteiger partial charge in [0.05, 0.1) is 12.1 Å². The van der Waals surface area contributed by atoms with Crippen LogP contribution in [0.4, 0.5) is 0 Å². The van der Waals surface area contributed by atoms with Gasteiger partial charge < -0.3 is 0 Å². The van der Waals surface area contributed by atoms with E-state index in [0.717, 1.165) is 12.8 Å². The third-order valence-electron chi connectivity index (χ3n) is 9.52. The lowest BCUT2D eigenvalue weighted by Gasteiger charge is -2.55. The van der Waals surface area contributed by atoms with Crippen molar-refractivity contribution in [2.45, 2.75) is 65.1 Å².